The molecule has 0 aliphatic heterocycles. The van der Waals surface area contributed by atoms with Crippen LogP contribution in [0.5, 0.6) is 11.5 Å². The molecule has 0 fully saturated rings. The molecule has 2 rings (SSSR count). The summed E-state index contributed by atoms with van der Waals surface area (Å²) in [6.45, 7) is 0. The highest BCUT2D eigenvalue weighted by atomic mass is 79.9. The molecule has 0 spiro atoms. The molecule has 2 aromatic carbocycles. The Balaban J connectivity index is 2.56. The van der Waals surface area contributed by atoms with Gasteiger partial charge in [-0.15, -0.1) is 11.6 Å². The highest BCUT2D eigenvalue weighted by Gasteiger charge is 2.22. The Morgan fingerprint density at radius 3 is 2.33 bits per heavy atom. The lowest BCUT2D eigenvalue weighted by Gasteiger charge is -2.17. The van der Waals surface area contributed by atoms with Crippen molar-refractivity contribution in [3.8, 4) is 11.5 Å². The fourth-order valence-corrected chi connectivity index (χ4v) is 3.39. The minimum atomic E-state index is -0.757. The van der Waals surface area contributed by atoms with E-state index in [9.17, 15) is 4.39 Å². The minimum Gasteiger partial charge on any atom is -0.493 e. The van der Waals surface area contributed by atoms with E-state index in [4.69, 9.17) is 32.7 Å². The zero-order valence-electron chi connectivity index (χ0n) is 11.3. The molecule has 0 bridgehead atoms. The monoisotopic (exact) mass is 392 g/mol. The second kappa shape index (κ2) is 6.86. The zero-order valence-corrected chi connectivity index (χ0v) is 14.4. The van der Waals surface area contributed by atoms with Crippen molar-refractivity contribution in [2.45, 2.75) is 5.38 Å². The number of hydrogen-bond donors (Lipinski definition) is 0. The van der Waals surface area contributed by atoms with Gasteiger partial charge in [0.25, 0.3) is 0 Å². The van der Waals surface area contributed by atoms with Crippen molar-refractivity contribution in [2.75, 3.05) is 14.2 Å². The molecule has 0 heterocycles. The SMILES string of the molecule is COc1cc(Br)c(C(Cl)c2c(F)cccc2Cl)cc1OC. The largest absolute Gasteiger partial charge is 0.493 e. The molecule has 2 nitrogen and oxygen atoms in total. The molecule has 2 aromatic rings. The van der Waals surface area contributed by atoms with Crippen LogP contribution < -0.4 is 9.47 Å². The third kappa shape index (κ3) is 3.28. The van der Waals surface area contributed by atoms with Gasteiger partial charge in [0.05, 0.1) is 19.6 Å². The first-order valence-corrected chi connectivity index (χ1v) is 7.59. The summed E-state index contributed by atoms with van der Waals surface area (Å²) in [6.07, 6.45) is 0. The summed E-state index contributed by atoms with van der Waals surface area (Å²) in [5.74, 6) is 0.606. The Kier molecular flexibility index (Phi) is 5.36. The maximum absolute atomic E-state index is 14.0. The molecule has 1 unspecified atom stereocenters. The molecule has 0 N–H and O–H groups in total. The molecule has 0 saturated carbocycles. The number of benzene rings is 2. The first-order chi connectivity index (χ1) is 9.99. The lowest BCUT2D eigenvalue weighted by molar-refractivity contribution is 0.354. The normalized spacial score (nSPS) is 12.1. The van der Waals surface area contributed by atoms with Crippen molar-refractivity contribution >= 4 is 39.1 Å². The van der Waals surface area contributed by atoms with Gasteiger partial charge in [0, 0.05) is 15.1 Å². The van der Waals surface area contributed by atoms with Crippen LogP contribution in [0.2, 0.25) is 5.02 Å². The van der Waals surface area contributed by atoms with Crippen molar-refractivity contribution in [3.05, 3.63) is 56.8 Å². The zero-order chi connectivity index (χ0) is 15.6. The van der Waals surface area contributed by atoms with E-state index in [1.807, 2.05) is 0 Å². The van der Waals surface area contributed by atoms with Crippen LogP contribution in [0, 0.1) is 5.82 Å². The van der Waals surface area contributed by atoms with E-state index < -0.39 is 11.2 Å². The summed E-state index contributed by atoms with van der Waals surface area (Å²) in [4.78, 5) is 0. The Morgan fingerprint density at radius 1 is 1.14 bits per heavy atom. The number of rotatable bonds is 4. The minimum absolute atomic E-state index is 0.230. The topological polar surface area (TPSA) is 18.5 Å². The van der Waals surface area contributed by atoms with Crippen LogP contribution in [0.1, 0.15) is 16.5 Å². The number of alkyl halides is 1. The van der Waals surface area contributed by atoms with E-state index in [0.29, 0.717) is 21.5 Å². The van der Waals surface area contributed by atoms with Crippen LogP contribution in [0.4, 0.5) is 4.39 Å². The van der Waals surface area contributed by atoms with Gasteiger partial charge in [-0.2, -0.15) is 0 Å². The summed E-state index contributed by atoms with van der Waals surface area (Å²) in [5, 5.41) is -0.482. The van der Waals surface area contributed by atoms with Gasteiger partial charge in [-0.3, -0.25) is 0 Å². The molecule has 21 heavy (non-hydrogen) atoms. The Hall–Kier alpha value is -0.970. The number of ether oxygens (including phenoxy) is 2. The van der Waals surface area contributed by atoms with Crippen molar-refractivity contribution in [1.29, 1.82) is 0 Å². The first kappa shape index (κ1) is 16.4. The van der Waals surface area contributed by atoms with Gasteiger partial charge in [-0.05, 0) is 29.8 Å². The van der Waals surface area contributed by atoms with Gasteiger partial charge in [0.1, 0.15) is 5.82 Å². The van der Waals surface area contributed by atoms with Gasteiger partial charge in [-0.1, -0.05) is 33.6 Å². The summed E-state index contributed by atoms with van der Waals surface area (Å²) in [5.41, 5.74) is 0.870. The molecule has 0 radical (unpaired) electrons. The van der Waals surface area contributed by atoms with E-state index in [1.54, 1.807) is 18.2 Å². The van der Waals surface area contributed by atoms with E-state index >= 15 is 0 Å². The van der Waals surface area contributed by atoms with Crippen LogP contribution in [0.3, 0.4) is 0 Å². The maximum Gasteiger partial charge on any atom is 0.161 e. The van der Waals surface area contributed by atoms with E-state index in [0.717, 1.165) is 0 Å². The number of halogens is 4. The predicted molar refractivity (Wildman–Crippen MR) is 86.4 cm³/mol. The van der Waals surface area contributed by atoms with Crippen molar-refractivity contribution in [2.24, 2.45) is 0 Å². The maximum atomic E-state index is 14.0. The molecule has 0 aliphatic carbocycles. The van der Waals surface area contributed by atoms with E-state index in [1.165, 1.54) is 26.4 Å². The van der Waals surface area contributed by atoms with Crippen LogP contribution >= 0.6 is 39.1 Å². The second-order valence-corrected chi connectivity index (χ2v) is 5.92. The van der Waals surface area contributed by atoms with Crippen LogP contribution in [0.15, 0.2) is 34.8 Å². The third-order valence-corrected chi connectivity index (χ3v) is 4.50. The second-order valence-electron chi connectivity index (χ2n) is 4.23. The van der Waals surface area contributed by atoms with Gasteiger partial charge < -0.3 is 9.47 Å². The Labute approximate surface area is 140 Å². The number of methoxy groups -OCH3 is 2. The average molecular weight is 394 g/mol. The van der Waals surface area contributed by atoms with Crippen LogP contribution in [0.25, 0.3) is 0 Å². The van der Waals surface area contributed by atoms with Gasteiger partial charge in [0.15, 0.2) is 11.5 Å². The van der Waals surface area contributed by atoms with Gasteiger partial charge >= 0.3 is 0 Å². The van der Waals surface area contributed by atoms with Crippen molar-refractivity contribution < 1.29 is 13.9 Å². The van der Waals surface area contributed by atoms with Crippen molar-refractivity contribution in [1.82, 2.24) is 0 Å². The van der Waals surface area contributed by atoms with E-state index in [2.05, 4.69) is 15.9 Å². The standard InChI is InChI=1S/C15H12BrCl2FO2/c1-20-12-6-8(9(16)7-13(12)21-2)15(18)14-10(17)4-3-5-11(14)19/h3-7,15H,1-2H3. The molecule has 0 saturated heterocycles. The van der Waals surface area contributed by atoms with Gasteiger partial charge in [-0.25, -0.2) is 4.39 Å². The van der Waals surface area contributed by atoms with Crippen molar-refractivity contribution in [3.63, 3.8) is 0 Å². The van der Waals surface area contributed by atoms with Crippen LogP contribution in [-0.4, -0.2) is 14.2 Å². The lowest BCUT2D eigenvalue weighted by atomic mass is 10.0. The van der Waals surface area contributed by atoms with E-state index in [-0.39, 0.29) is 10.6 Å². The lowest BCUT2D eigenvalue weighted by Crippen LogP contribution is -2.01. The summed E-state index contributed by atoms with van der Waals surface area (Å²) in [7, 11) is 3.06. The molecule has 6 heteroatoms. The smallest absolute Gasteiger partial charge is 0.161 e. The summed E-state index contributed by atoms with van der Waals surface area (Å²) in [6, 6.07) is 7.88. The summed E-state index contributed by atoms with van der Waals surface area (Å²) >= 11 is 15.9. The third-order valence-electron chi connectivity index (χ3n) is 3.03. The molecule has 0 aliphatic rings. The predicted octanol–water partition coefficient (Wildman–Crippen LogP) is 5.59. The van der Waals surface area contributed by atoms with Crippen LogP contribution in [-0.2, 0) is 0 Å². The molecular weight excluding hydrogens is 382 g/mol. The highest BCUT2D eigenvalue weighted by Crippen LogP contribution is 2.42. The fraction of sp³-hybridized carbons (Fsp3) is 0.200. The quantitative estimate of drug-likeness (QED) is 0.630. The molecular formula is C15H12BrCl2FO2. The first-order valence-electron chi connectivity index (χ1n) is 5.99. The average Bonchev–Trinajstić information content (AvgIpc) is 2.46. The number of hydrogen-bond acceptors (Lipinski definition) is 2. The fourth-order valence-electron chi connectivity index (χ4n) is 1.97. The molecule has 1 atom stereocenters. The molecule has 0 aromatic heterocycles. The Morgan fingerprint density at radius 2 is 1.76 bits per heavy atom. The highest BCUT2D eigenvalue weighted by molar-refractivity contribution is 9.10. The Bertz CT molecular complexity index is 644. The molecule has 0 amide bonds. The van der Waals surface area contributed by atoms with Gasteiger partial charge in [0.2, 0.25) is 0 Å². The molecule has 112 valence electrons. The summed E-state index contributed by atoms with van der Waals surface area (Å²) < 4.78 is 25.1.